The topological polar surface area (TPSA) is 73.1 Å². The van der Waals surface area contributed by atoms with E-state index in [2.05, 4.69) is 21.2 Å². The highest BCUT2D eigenvalue weighted by atomic mass is 79.9. The molecule has 1 aromatic carbocycles. The maximum absolute atomic E-state index is 12.6. The van der Waals surface area contributed by atoms with Gasteiger partial charge in [-0.25, -0.2) is 4.79 Å². The van der Waals surface area contributed by atoms with Crippen molar-refractivity contribution in [1.82, 2.24) is 14.5 Å². The van der Waals surface area contributed by atoms with Crippen LogP contribution in [0.5, 0.6) is 0 Å². The molecule has 1 N–H and O–H groups in total. The summed E-state index contributed by atoms with van der Waals surface area (Å²) in [5, 5.41) is 2.30. The highest BCUT2D eigenvalue weighted by Crippen LogP contribution is 2.27. The Kier molecular flexibility index (Phi) is 3.44. The first-order chi connectivity index (χ1) is 10.0. The van der Waals surface area contributed by atoms with Crippen LogP contribution in [0.4, 0.5) is 0 Å². The molecule has 2 amide bonds. The Bertz CT molecular complexity index is 806. The summed E-state index contributed by atoms with van der Waals surface area (Å²) in [5.74, 6) is -0.701. The fourth-order valence-electron chi connectivity index (χ4n) is 2.82. The Balaban J connectivity index is 2.26. The number of rotatable bonds is 2. The van der Waals surface area contributed by atoms with Crippen LogP contribution in [0.25, 0.3) is 11.0 Å². The number of piperidine rings is 1. The van der Waals surface area contributed by atoms with Gasteiger partial charge in [-0.15, -0.1) is 0 Å². The molecule has 1 aromatic heterocycles. The lowest BCUT2D eigenvalue weighted by molar-refractivity contribution is -0.135. The molecule has 21 heavy (non-hydrogen) atoms. The minimum Gasteiger partial charge on any atom is -0.295 e. The normalized spacial score (nSPS) is 19.0. The van der Waals surface area contributed by atoms with E-state index in [0.717, 1.165) is 9.99 Å². The lowest BCUT2D eigenvalue weighted by Gasteiger charge is -2.21. The van der Waals surface area contributed by atoms with E-state index in [0.29, 0.717) is 18.5 Å². The van der Waals surface area contributed by atoms with Gasteiger partial charge in [-0.2, -0.15) is 0 Å². The van der Waals surface area contributed by atoms with Gasteiger partial charge in [0.2, 0.25) is 11.8 Å². The highest BCUT2D eigenvalue weighted by Gasteiger charge is 2.31. The Morgan fingerprint density at radius 2 is 2.10 bits per heavy atom. The number of halogens is 1. The van der Waals surface area contributed by atoms with Crippen LogP contribution < -0.4 is 11.0 Å². The molecule has 0 spiro atoms. The molecular weight excluding hydrogens is 338 g/mol. The summed E-state index contributed by atoms with van der Waals surface area (Å²) in [6, 6.07) is 4.87. The summed E-state index contributed by atoms with van der Waals surface area (Å²) in [5.41, 5.74) is 1.24. The van der Waals surface area contributed by atoms with E-state index >= 15 is 0 Å². The molecular formula is C14H14BrN3O3. The second-order valence-electron chi connectivity index (χ2n) is 4.97. The number of fused-ring (bicyclic) bond motifs is 1. The lowest BCUT2D eigenvalue weighted by atomic mass is 10.1. The number of carbonyl (C=O) groups excluding carboxylic acids is 2. The molecule has 1 aliphatic rings. The SMILES string of the molecule is CCn1c(=O)n(C2CCC(=O)NC2=O)c2cccc(Br)c21. The average molecular weight is 352 g/mol. The van der Waals surface area contributed by atoms with Crippen molar-refractivity contribution < 1.29 is 9.59 Å². The van der Waals surface area contributed by atoms with Crippen molar-refractivity contribution in [3.63, 3.8) is 0 Å². The Morgan fingerprint density at radius 1 is 1.33 bits per heavy atom. The number of para-hydroxylation sites is 1. The van der Waals surface area contributed by atoms with Crippen LogP contribution in [-0.2, 0) is 16.1 Å². The van der Waals surface area contributed by atoms with Crippen LogP contribution in [-0.4, -0.2) is 20.9 Å². The number of hydrogen-bond donors (Lipinski definition) is 1. The maximum Gasteiger partial charge on any atom is 0.329 e. The van der Waals surface area contributed by atoms with Gasteiger partial charge in [0, 0.05) is 17.4 Å². The summed E-state index contributed by atoms with van der Waals surface area (Å²) >= 11 is 3.46. The second kappa shape index (κ2) is 5.14. The standard InChI is InChI=1S/C14H14BrN3O3/c1-2-17-12-8(15)4-3-5-9(12)18(14(17)21)10-6-7-11(19)16-13(10)20/h3-5,10H,2,6-7H2,1H3,(H,16,19,20). The molecule has 1 fully saturated rings. The zero-order valence-corrected chi connectivity index (χ0v) is 13.0. The molecule has 0 bridgehead atoms. The van der Waals surface area contributed by atoms with Crippen molar-refractivity contribution >= 4 is 38.8 Å². The van der Waals surface area contributed by atoms with Gasteiger partial charge in [0.05, 0.1) is 11.0 Å². The molecule has 0 radical (unpaired) electrons. The van der Waals surface area contributed by atoms with Crippen molar-refractivity contribution in [2.24, 2.45) is 0 Å². The van der Waals surface area contributed by atoms with E-state index < -0.39 is 11.9 Å². The molecule has 7 heteroatoms. The molecule has 1 atom stereocenters. The van der Waals surface area contributed by atoms with Crippen molar-refractivity contribution in [2.45, 2.75) is 32.4 Å². The van der Waals surface area contributed by atoms with Crippen molar-refractivity contribution in [3.8, 4) is 0 Å². The van der Waals surface area contributed by atoms with Crippen LogP contribution >= 0.6 is 15.9 Å². The molecule has 1 unspecified atom stereocenters. The predicted molar refractivity (Wildman–Crippen MR) is 81.0 cm³/mol. The summed E-state index contributed by atoms with van der Waals surface area (Å²) in [7, 11) is 0. The Hall–Kier alpha value is -1.89. The molecule has 2 aromatic rings. The number of nitrogens with one attached hydrogen (secondary N) is 1. The average Bonchev–Trinajstić information content (AvgIpc) is 2.72. The van der Waals surface area contributed by atoms with Gasteiger partial charge < -0.3 is 0 Å². The molecule has 1 saturated heterocycles. The third-order valence-corrected chi connectivity index (χ3v) is 4.41. The predicted octanol–water partition coefficient (Wildman–Crippen LogP) is 1.56. The molecule has 0 saturated carbocycles. The van der Waals surface area contributed by atoms with Crippen LogP contribution in [0.15, 0.2) is 27.5 Å². The molecule has 1 aliphatic heterocycles. The summed E-state index contributed by atoms with van der Waals surface area (Å²) in [4.78, 5) is 36.0. The Labute approximate surface area is 128 Å². The fourth-order valence-corrected chi connectivity index (χ4v) is 3.39. The van der Waals surface area contributed by atoms with Crippen molar-refractivity contribution in [1.29, 1.82) is 0 Å². The lowest BCUT2D eigenvalue weighted by Crippen LogP contribution is -2.44. The first kappa shape index (κ1) is 14.1. The fraction of sp³-hybridized carbons (Fsp3) is 0.357. The number of imide groups is 1. The third-order valence-electron chi connectivity index (χ3n) is 3.77. The van der Waals surface area contributed by atoms with E-state index in [1.807, 2.05) is 25.1 Å². The van der Waals surface area contributed by atoms with Crippen LogP contribution in [0.3, 0.4) is 0 Å². The molecule has 6 nitrogen and oxygen atoms in total. The van der Waals surface area contributed by atoms with Crippen LogP contribution in [0, 0.1) is 0 Å². The minimum absolute atomic E-state index is 0.228. The first-order valence-electron chi connectivity index (χ1n) is 6.77. The van der Waals surface area contributed by atoms with E-state index in [1.165, 1.54) is 4.57 Å². The summed E-state index contributed by atoms with van der Waals surface area (Å²) in [6.07, 6.45) is 0.593. The van der Waals surface area contributed by atoms with Gasteiger partial charge in [0.25, 0.3) is 0 Å². The summed E-state index contributed by atoms with van der Waals surface area (Å²) in [6.45, 7) is 2.40. The molecule has 0 aliphatic carbocycles. The van der Waals surface area contributed by atoms with Crippen LogP contribution in [0.1, 0.15) is 25.8 Å². The van der Waals surface area contributed by atoms with Gasteiger partial charge >= 0.3 is 5.69 Å². The van der Waals surface area contributed by atoms with E-state index in [9.17, 15) is 14.4 Å². The van der Waals surface area contributed by atoms with Gasteiger partial charge in [0.1, 0.15) is 6.04 Å². The van der Waals surface area contributed by atoms with Gasteiger partial charge in [-0.05, 0) is 41.4 Å². The number of hydrogen-bond acceptors (Lipinski definition) is 3. The first-order valence-corrected chi connectivity index (χ1v) is 7.56. The molecule has 110 valence electrons. The third kappa shape index (κ3) is 2.12. The van der Waals surface area contributed by atoms with Gasteiger partial charge in [-0.3, -0.25) is 24.0 Å². The number of carbonyl (C=O) groups is 2. The number of aromatic nitrogens is 2. The maximum atomic E-state index is 12.6. The zero-order chi connectivity index (χ0) is 15.1. The number of amides is 2. The second-order valence-corrected chi connectivity index (χ2v) is 5.83. The van der Waals surface area contributed by atoms with Crippen molar-refractivity contribution in [2.75, 3.05) is 0 Å². The summed E-state index contributed by atoms with van der Waals surface area (Å²) < 4.78 is 3.93. The quantitative estimate of drug-likeness (QED) is 0.834. The van der Waals surface area contributed by atoms with E-state index in [-0.39, 0.29) is 18.0 Å². The van der Waals surface area contributed by atoms with E-state index in [4.69, 9.17) is 0 Å². The number of nitrogens with zero attached hydrogens (tertiary/aromatic N) is 2. The highest BCUT2D eigenvalue weighted by molar-refractivity contribution is 9.10. The number of benzene rings is 1. The number of aryl methyl sites for hydroxylation is 1. The monoisotopic (exact) mass is 351 g/mol. The zero-order valence-electron chi connectivity index (χ0n) is 11.4. The van der Waals surface area contributed by atoms with Crippen LogP contribution in [0.2, 0.25) is 0 Å². The molecule has 3 rings (SSSR count). The number of imidazole rings is 1. The Morgan fingerprint density at radius 3 is 2.76 bits per heavy atom. The van der Waals surface area contributed by atoms with E-state index in [1.54, 1.807) is 4.57 Å². The van der Waals surface area contributed by atoms with Gasteiger partial charge in [-0.1, -0.05) is 6.07 Å². The minimum atomic E-state index is -0.639. The van der Waals surface area contributed by atoms with Crippen molar-refractivity contribution in [3.05, 3.63) is 33.2 Å². The largest absolute Gasteiger partial charge is 0.329 e. The molecule has 2 heterocycles. The smallest absolute Gasteiger partial charge is 0.295 e. The van der Waals surface area contributed by atoms with Gasteiger partial charge in [0.15, 0.2) is 0 Å².